The van der Waals surface area contributed by atoms with Crippen LogP contribution in [-0.4, -0.2) is 49.7 Å². The van der Waals surface area contributed by atoms with Gasteiger partial charge in [-0.2, -0.15) is 0 Å². The number of nitrogens with one attached hydrogen (secondary N) is 1. The average molecular weight is 474 g/mol. The van der Waals surface area contributed by atoms with Gasteiger partial charge in [0.05, 0.1) is 20.8 Å². The third-order valence-electron chi connectivity index (χ3n) is 5.83. The number of ether oxygens (including phenoxy) is 4. The number of ketones is 2. The van der Waals surface area contributed by atoms with Crippen LogP contribution < -0.4 is 24.3 Å². The second kappa shape index (κ2) is 8.96. The Bertz CT molecular complexity index is 1130. The Hall–Kier alpha value is -3.23. The van der Waals surface area contributed by atoms with Crippen LogP contribution in [0.1, 0.15) is 23.7 Å². The Morgan fingerprint density at radius 2 is 1.88 bits per heavy atom. The first-order valence-electron chi connectivity index (χ1n) is 10.4. The Morgan fingerprint density at radius 3 is 2.48 bits per heavy atom. The predicted octanol–water partition coefficient (Wildman–Crippen LogP) is 3.65. The van der Waals surface area contributed by atoms with Crippen LogP contribution in [0.5, 0.6) is 23.0 Å². The van der Waals surface area contributed by atoms with Gasteiger partial charge < -0.3 is 29.4 Å². The molecule has 174 valence electrons. The molecule has 4 rings (SSSR count). The molecular formula is C24H24ClNO7. The minimum absolute atomic E-state index is 0.0663. The third-order valence-corrected chi connectivity index (χ3v) is 6.19. The number of rotatable bonds is 7. The summed E-state index contributed by atoms with van der Waals surface area (Å²) in [5, 5.41) is 12.2. The fourth-order valence-corrected chi connectivity index (χ4v) is 4.46. The Balaban J connectivity index is 1.61. The number of hydrogen-bond donors (Lipinski definition) is 2. The molecule has 0 saturated heterocycles. The molecule has 2 aliphatic rings. The van der Waals surface area contributed by atoms with E-state index in [1.54, 1.807) is 31.2 Å². The van der Waals surface area contributed by atoms with Crippen LogP contribution in [-0.2, 0) is 4.79 Å². The first kappa shape index (κ1) is 22.9. The van der Waals surface area contributed by atoms with Crippen LogP contribution in [0.3, 0.4) is 0 Å². The molecule has 1 aliphatic carbocycles. The van der Waals surface area contributed by atoms with Crippen molar-refractivity contribution in [2.45, 2.75) is 18.9 Å². The zero-order valence-electron chi connectivity index (χ0n) is 18.4. The second-order valence-electron chi connectivity index (χ2n) is 7.83. The predicted molar refractivity (Wildman–Crippen MR) is 122 cm³/mol. The average Bonchev–Trinajstić information content (AvgIpc) is 3.12. The van der Waals surface area contributed by atoms with Gasteiger partial charge in [-0.25, -0.2) is 0 Å². The summed E-state index contributed by atoms with van der Waals surface area (Å²) in [5.74, 6) is -0.166. The van der Waals surface area contributed by atoms with E-state index in [-0.39, 0.29) is 41.0 Å². The molecule has 0 amide bonds. The molecule has 1 heterocycles. The highest BCUT2D eigenvalue weighted by Gasteiger charge is 2.60. The summed E-state index contributed by atoms with van der Waals surface area (Å²) in [6.07, 6.45) is 1.79. The highest BCUT2D eigenvalue weighted by atomic mass is 35.5. The van der Waals surface area contributed by atoms with E-state index in [1.807, 2.05) is 0 Å². The molecule has 1 aliphatic heterocycles. The fraction of sp³-hybridized carbons (Fsp3) is 0.333. The van der Waals surface area contributed by atoms with Crippen molar-refractivity contribution < 1.29 is 33.6 Å². The lowest BCUT2D eigenvalue weighted by Crippen LogP contribution is -2.55. The van der Waals surface area contributed by atoms with Gasteiger partial charge in [0.1, 0.15) is 34.4 Å². The standard InChI is InChI=1S/C24H24ClNO7/c1-13-10-15(26-14-4-6-16(7-5-14)32-9-8-27)11-19(28)24(13)23(29)20-17(30-2)12-18(31-3)21(25)22(20)33-24/h4-7,11-13,26-27H,8-10H2,1-3H3. The molecular weight excluding hydrogens is 450 g/mol. The Labute approximate surface area is 196 Å². The summed E-state index contributed by atoms with van der Waals surface area (Å²) >= 11 is 6.41. The van der Waals surface area contributed by atoms with E-state index >= 15 is 0 Å². The van der Waals surface area contributed by atoms with Crippen molar-refractivity contribution in [1.29, 1.82) is 0 Å². The monoisotopic (exact) mass is 473 g/mol. The van der Waals surface area contributed by atoms with Gasteiger partial charge in [-0.05, 0) is 30.7 Å². The summed E-state index contributed by atoms with van der Waals surface area (Å²) in [4.78, 5) is 26.8. The zero-order chi connectivity index (χ0) is 23.8. The quantitative estimate of drug-likeness (QED) is 0.587. The lowest BCUT2D eigenvalue weighted by atomic mass is 9.74. The molecule has 0 fully saturated rings. The molecule has 1 spiro atoms. The first-order valence-corrected chi connectivity index (χ1v) is 10.8. The molecule has 2 aromatic rings. The number of benzene rings is 2. The minimum atomic E-state index is -1.71. The maximum atomic E-state index is 13.5. The number of anilines is 1. The number of halogens is 1. The zero-order valence-corrected chi connectivity index (χ0v) is 19.2. The highest BCUT2D eigenvalue weighted by Crippen LogP contribution is 2.53. The topological polar surface area (TPSA) is 103 Å². The largest absolute Gasteiger partial charge is 0.496 e. The third kappa shape index (κ3) is 3.79. The maximum Gasteiger partial charge on any atom is 0.236 e. The minimum Gasteiger partial charge on any atom is -0.496 e. The van der Waals surface area contributed by atoms with Gasteiger partial charge in [0.25, 0.3) is 0 Å². The maximum absolute atomic E-state index is 13.5. The molecule has 0 bridgehead atoms. The molecule has 2 N–H and O–H groups in total. The summed E-state index contributed by atoms with van der Waals surface area (Å²) in [6.45, 7) is 1.94. The second-order valence-corrected chi connectivity index (χ2v) is 8.20. The number of hydrogen-bond acceptors (Lipinski definition) is 8. The lowest BCUT2D eigenvalue weighted by Gasteiger charge is -2.35. The van der Waals surface area contributed by atoms with E-state index in [0.29, 0.717) is 17.9 Å². The summed E-state index contributed by atoms with van der Waals surface area (Å²) in [7, 11) is 2.87. The van der Waals surface area contributed by atoms with E-state index in [4.69, 9.17) is 35.7 Å². The van der Waals surface area contributed by atoms with Crippen LogP contribution in [0.4, 0.5) is 5.69 Å². The van der Waals surface area contributed by atoms with Gasteiger partial charge >= 0.3 is 0 Å². The summed E-state index contributed by atoms with van der Waals surface area (Å²) in [5.41, 5.74) is -0.152. The van der Waals surface area contributed by atoms with Gasteiger partial charge in [0.2, 0.25) is 17.2 Å². The highest BCUT2D eigenvalue weighted by molar-refractivity contribution is 6.36. The molecule has 9 heteroatoms. The van der Waals surface area contributed by atoms with Crippen LogP contribution in [0.25, 0.3) is 0 Å². The van der Waals surface area contributed by atoms with E-state index in [2.05, 4.69) is 5.32 Å². The van der Waals surface area contributed by atoms with Crippen molar-refractivity contribution in [1.82, 2.24) is 0 Å². The molecule has 8 nitrogen and oxygen atoms in total. The van der Waals surface area contributed by atoms with Crippen LogP contribution in [0, 0.1) is 5.92 Å². The Kier molecular flexibility index (Phi) is 6.23. The molecule has 2 unspecified atom stereocenters. The summed E-state index contributed by atoms with van der Waals surface area (Å²) in [6, 6.07) is 8.64. The van der Waals surface area contributed by atoms with Crippen LogP contribution in [0.15, 0.2) is 42.1 Å². The number of Topliss-reactive ketones (excluding diaryl/α,β-unsaturated/α-hetero) is 1. The van der Waals surface area contributed by atoms with Gasteiger partial charge in [0.15, 0.2) is 5.75 Å². The van der Waals surface area contributed by atoms with E-state index in [9.17, 15) is 9.59 Å². The number of methoxy groups -OCH3 is 2. The first-order chi connectivity index (χ1) is 15.8. The van der Waals surface area contributed by atoms with Crippen molar-refractivity contribution in [3.8, 4) is 23.0 Å². The molecule has 0 saturated carbocycles. The summed E-state index contributed by atoms with van der Waals surface area (Å²) < 4.78 is 22.0. The van der Waals surface area contributed by atoms with Gasteiger partial charge in [-0.3, -0.25) is 9.59 Å². The lowest BCUT2D eigenvalue weighted by molar-refractivity contribution is -0.129. The van der Waals surface area contributed by atoms with E-state index < -0.39 is 23.1 Å². The van der Waals surface area contributed by atoms with Gasteiger partial charge in [-0.1, -0.05) is 18.5 Å². The van der Waals surface area contributed by atoms with Crippen molar-refractivity contribution in [2.75, 3.05) is 32.8 Å². The van der Waals surface area contributed by atoms with Gasteiger partial charge in [-0.15, -0.1) is 0 Å². The molecule has 33 heavy (non-hydrogen) atoms. The smallest absolute Gasteiger partial charge is 0.236 e. The van der Waals surface area contributed by atoms with Crippen LogP contribution in [0.2, 0.25) is 5.02 Å². The molecule has 0 aromatic heterocycles. The Morgan fingerprint density at radius 1 is 1.18 bits per heavy atom. The number of aliphatic hydroxyl groups excluding tert-OH is 1. The molecule has 2 atom stereocenters. The number of fused-ring (bicyclic) bond motifs is 1. The van der Waals surface area contributed by atoms with E-state index in [0.717, 1.165) is 5.69 Å². The van der Waals surface area contributed by atoms with Crippen molar-refractivity contribution >= 4 is 28.9 Å². The van der Waals surface area contributed by atoms with Gasteiger partial charge in [0, 0.05) is 29.4 Å². The molecule has 0 radical (unpaired) electrons. The number of carbonyl (C=O) groups excluding carboxylic acids is 2. The number of aliphatic hydroxyl groups is 1. The SMILES string of the molecule is COc1cc(OC)c2c(c1Cl)OC1(C(=O)C=C(Nc3ccc(OCCO)cc3)CC1C)C2=O. The fourth-order valence-electron chi connectivity index (χ4n) is 4.20. The van der Waals surface area contributed by atoms with Crippen molar-refractivity contribution in [3.05, 3.63) is 52.7 Å². The number of carbonyl (C=O) groups is 2. The van der Waals surface area contributed by atoms with Crippen molar-refractivity contribution in [2.24, 2.45) is 5.92 Å². The normalized spacial score (nSPS) is 21.4. The molecule has 2 aromatic carbocycles. The van der Waals surface area contributed by atoms with Crippen LogP contribution >= 0.6 is 11.6 Å². The number of allylic oxidation sites excluding steroid dienone is 1. The van der Waals surface area contributed by atoms with E-state index in [1.165, 1.54) is 26.4 Å². The van der Waals surface area contributed by atoms with Crippen molar-refractivity contribution in [3.63, 3.8) is 0 Å².